The number of nitrogens with one attached hydrogen (secondary N) is 1. The normalized spacial score (nSPS) is 15.9. The van der Waals surface area contributed by atoms with Crippen molar-refractivity contribution in [2.45, 2.75) is 12.5 Å². The summed E-state index contributed by atoms with van der Waals surface area (Å²) in [6.07, 6.45) is 1.75. The van der Waals surface area contributed by atoms with Crippen molar-refractivity contribution in [1.82, 2.24) is 4.98 Å². The average Bonchev–Trinajstić information content (AvgIpc) is 2.48. The van der Waals surface area contributed by atoms with Crippen LogP contribution >= 0.6 is 0 Å². The van der Waals surface area contributed by atoms with E-state index in [1.807, 2.05) is 19.1 Å². The van der Waals surface area contributed by atoms with Gasteiger partial charge in [-0.05, 0) is 24.6 Å². The Kier molecular flexibility index (Phi) is 3.87. The van der Waals surface area contributed by atoms with E-state index in [0.29, 0.717) is 42.8 Å². The van der Waals surface area contributed by atoms with Gasteiger partial charge in [-0.15, -0.1) is 0 Å². The first kappa shape index (κ1) is 14.6. The highest BCUT2D eigenvalue weighted by Gasteiger charge is 2.35. The molecular weight excluding hydrogens is 282 g/mol. The van der Waals surface area contributed by atoms with Gasteiger partial charge in [0.25, 0.3) is 0 Å². The number of nitrogen functional groups attached to an aromatic ring is 1. The van der Waals surface area contributed by atoms with Gasteiger partial charge in [0.05, 0.1) is 24.6 Å². The lowest BCUT2D eigenvalue weighted by atomic mass is 10.0. The van der Waals surface area contributed by atoms with Crippen LogP contribution in [0.3, 0.4) is 0 Å². The van der Waals surface area contributed by atoms with Crippen LogP contribution in [0.2, 0.25) is 0 Å². The smallest absolute Gasteiger partial charge is 0.219 e. The predicted molar refractivity (Wildman–Crippen MR) is 84.2 cm³/mol. The van der Waals surface area contributed by atoms with E-state index in [1.165, 1.54) is 0 Å². The van der Waals surface area contributed by atoms with Crippen molar-refractivity contribution < 1.29 is 14.6 Å². The predicted octanol–water partition coefficient (Wildman–Crippen LogP) is 1.94. The second-order valence-electron chi connectivity index (χ2n) is 5.60. The first-order valence-corrected chi connectivity index (χ1v) is 7.08. The molecule has 1 aromatic heterocycles. The van der Waals surface area contributed by atoms with Crippen molar-refractivity contribution in [3.05, 3.63) is 42.1 Å². The number of hydrogen-bond donors (Lipinski definition) is 3. The van der Waals surface area contributed by atoms with Crippen LogP contribution in [0.4, 0.5) is 11.4 Å². The van der Waals surface area contributed by atoms with Gasteiger partial charge in [-0.3, -0.25) is 0 Å². The lowest BCUT2D eigenvalue weighted by molar-refractivity contribution is -0.168. The number of rotatable bonds is 5. The van der Waals surface area contributed by atoms with Gasteiger partial charge in [-0.25, -0.2) is 4.98 Å². The van der Waals surface area contributed by atoms with Gasteiger partial charge < -0.3 is 25.6 Å². The fourth-order valence-corrected chi connectivity index (χ4v) is 2.09. The summed E-state index contributed by atoms with van der Waals surface area (Å²) in [6, 6.07) is 9.08. The molecule has 0 spiro atoms. The van der Waals surface area contributed by atoms with E-state index in [9.17, 15) is 5.11 Å². The molecule has 1 aromatic carbocycles. The number of aliphatic hydroxyl groups is 1. The molecule has 2 heterocycles. The van der Waals surface area contributed by atoms with Crippen LogP contribution in [0.25, 0.3) is 0 Å². The third kappa shape index (κ3) is 3.29. The molecular formula is C16H19N3O3. The van der Waals surface area contributed by atoms with E-state index in [0.717, 1.165) is 5.56 Å². The van der Waals surface area contributed by atoms with E-state index < -0.39 is 5.60 Å². The zero-order valence-corrected chi connectivity index (χ0v) is 12.4. The summed E-state index contributed by atoms with van der Waals surface area (Å²) in [5.41, 5.74) is 7.50. The molecule has 0 unspecified atom stereocenters. The summed E-state index contributed by atoms with van der Waals surface area (Å²) < 4.78 is 10.7. The quantitative estimate of drug-likeness (QED) is 0.731. The Labute approximate surface area is 128 Å². The molecule has 0 amide bonds. The summed E-state index contributed by atoms with van der Waals surface area (Å²) in [6.45, 7) is 3.02. The number of aryl methyl sites for hydroxylation is 1. The number of hydrogen-bond acceptors (Lipinski definition) is 6. The van der Waals surface area contributed by atoms with Crippen molar-refractivity contribution in [3.8, 4) is 11.6 Å². The van der Waals surface area contributed by atoms with Crippen molar-refractivity contribution in [2.75, 3.05) is 30.8 Å². The Balaban J connectivity index is 1.70. The van der Waals surface area contributed by atoms with E-state index >= 15 is 0 Å². The summed E-state index contributed by atoms with van der Waals surface area (Å²) >= 11 is 0. The molecule has 0 bridgehead atoms. The maximum Gasteiger partial charge on any atom is 0.219 e. The molecule has 3 rings (SSSR count). The lowest BCUT2D eigenvalue weighted by Gasteiger charge is -2.36. The van der Waals surface area contributed by atoms with Crippen LogP contribution in [-0.4, -0.2) is 35.5 Å². The molecule has 0 atom stereocenters. The fraction of sp³-hybridized carbons (Fsp3) is 0.312. The largest absolute Gasteiger partial charge is 0.439 e. The standard InChI is InChI=1S/C16H19N3O3/c1-11-2-5-15(18-7-11)22-12-3-4-13(17)14(6-12)19-8-16(20)9-21-10-16/h2-7,19-20H,8-10,17H2,1H3. The Hall–Kier alpha value is -2.31. The van der Waals surface area contributed by atoms with Crippen molar-refractivity contribution >= 4 is 11.4 Å². The maximum absolute atomic E-state index is 10.0. The molecule has 4 N–H and O–H groups in total. The van der Waals surface area contributed by atoms with Gasteiger partial charge in [0.15, 0.2) is 0 Å². The van der Waals surface area contributed by atoms with Crippen LogP contribution in [0.1, 0.15) is 5.56 Å². The highest BCUT2D eigenvalue weighted by molar-refractivity contribution is 5.68. The van der Waals surface area contributed by atoms with Crippen molar-refractivity contribution in [3.63, 3.8) is 0 Å². The number of aromatic nitrogens is 1. The third-order valence-electron chi connectivity index (χ3n) is 3.48. The van der Waals surface area contributed by atoms with E-state index in [2.05, 4.69) is 10.3 Å². The number of anilines is 2. The monoisotopic (exact) mass is 301 g/mol. The van der Waals surface area contributed by atoms with Crippen LogP contribution in [0.15, 0.2) is 36.5 Å². The zero-order valence-electron chi connectivity index (χ0n) is 12.4. The molecule has 1 fully saturated rings. The molecule has 116 valence electrons. The minimum Gasteiger partial charge on any atom is -0.439 e. The first-order chi connectivity index (χ1) is 10.5. The Bertz CT molecular complexity index is 654. The number of benzene rings is 1. The summed E-state index contributed by atoms with van der Waals surface area (Å²) in [4.78, 5) is 4.20. The minimum atomic E-state index is -0.818. The van der Waals surface area contributed by atoms with Gasteiger partial charge >= 0.3 is 0 Å². The molecule has 0 saturated carbocycles. The van der Waals surface area contributed by atoms with Crippen molar-refractivity contribution in [2.24, 2.45) is 0 Å². The second kappa shape index (κ2) is 5.82. The fourth-order valence-electron chi connectivity index (χ4n) is 2.09. The summed E-state index contributed by atoms with van der Waals surface area (Å²) in [5, 5.41) is 13.2. The third-order valence-corrected chi connectivity index (χ3v) is 3.48. The van der Waals surface area contributed by atoms with E-state index in [1.54, 1.807) is 24.4 Å². The number of nitrogens with two attached hydrogens (primary N) is 1. The van der Waals surface area contributed by atoms with E-state index in [-0.39, 0.29) is 0 Å². The average molecular weight is 301 g/mol. The van der Waals surface area contributed by atoms with Gasteiger partial charge in [0.1, 0.15) is 11.4 Å². The minimum absolute atomic E-state index is 0.337. The van der Waals surface area contributed by atoms with Crippen LogP contribution in [0.5, 0.6) is 11.6 Å². The molecule has 6 heteroatoms. The topological polar surface area (TPSA) is 89.6 Å². The molecule has 0 aliphatic carbocycles. The zero-order chi connectivity index (χ0) is 15.6. The number of pyridine rings is 1. The van der Waals surface area contributed by atoms with Crippen LogP contribution < -0.4 is 15.8 Å². The van der Waals surface area contributed by atoms with Crippen LogP contribution in [-0.2, 0) is 4.74 Å². The molecule has 1 saturated heterocycles. The van der Waals surface area contributed by atoms with Gasteiger partial charge in [-0.1, -0.05) is 6.07 Å². The molecule has 6 nitrogen and oxygen atoms in total. The molecule has 0 radical (unpaired) electrons. The maximum atomic E-state index is 10.0. The van der Waals surface area contributed by atoms with E-state index in [4.69, 9.17) is 15.2 Å². The molecule has 2 aromatic rings. The molecule has 1 aliphatic rings. The molecule has 1 aliphatic heterocycles. The highest BCUT2D eigenvalue weighted by atomic mass is 16.5. The Morgan fingerprint density at radius 2 is 2.18 bits per heavy atom. The Morgan fingerprint density at radius 3 is 2.82 bits per heavy atom. The SMILES string of the molecule is Cc1ccc(Oc2ccc(N)c(NCC3(O)COC3)c2)nc1. The summed E-state index contributed by atoms with van der Waals surface area (Å²) in [7, 11) is 0. The summed E-state index contributed by atoms with van der Waals surface area (Å²) in [5.74, 6) is 1.15. The van der Waals surface area contributed by atoms with Gasteiger partial charge in [0, 0.05) is 24.9 Å². The number of ether oxygens (including phenoxy) is 2. The number of nitrogens with zero attached hydrogens (tertiary/aromatic N) is 1. The van der Waals surface area contributed by atoms with Gasteiger partial charge in [-0.2, -0.15) is 0 Å². The second-order valence-corrected chi connectivity index (χ2v) is 5.60. The van der Waals surface area contributed by atoms with Gasteiger partial charge in [0.2, 0.25) is 5.88 Å². The Morgan fingerprint density at radius 1 is 1.36 bits per heavy atom. The highest BCUT2D eigenvalue weighted by Crippen LogP contribution is 2.28. The lowest BCUT2D eigenvalue weighted by Crippen LogP contribution is -2.54. The van der Waals surface area contributed by atoms with Crippen molar-refractivity contribution in [1.29, 1.82) is 0 Å². The van der Waals surface area contributed by atoms with Crippen LogP contribution in [0, 0.1) is 6.92 Å². The molecule has 22 heavy (non-hydrogen) atoms. The first-order valence-electron chi connectivity index (χ1n) is 7.08.